The number of rotatable bonds is 4. The molecule has 1 N–H and O–H groups in total. The Balaban J connectivity index is 2.68. The van der Waals surface area contributed by atoms with Crippen molar-refractivity contribution < 1.29 is 19.0 Å². The van der Waals surface area contributed by atoms with Crippen LogP contribution in [-0.4, -0.2) is 28.0 Å². The van der Waals surface area contributed by atoms with Crippen LogP contribution in [-0.2, 0) is 13.5 Å². The fraction of sp³-hybridized carbons (Fsp3) is 0.286. The van der Waals surface area contributed by atoms with Crippen molar-refractivity contribution in [2.75, 3.05) is 7.11 Å². The van der Waals surface area contributed by atoms with E-state index in [2.05, 4.69) is 5.10 Å². The summed E-state index contributed by atoms with van der Waals surface area (Å²) >= 11 is 0. The zero-order valence-electron chi connectivity index (χ0n) is 11.5. The van der Waals surface area contributed by atoms with Crippen LogP contribution in [0.15, 0.2) is 18.2 Å². The normalized spacial score (nSPS) is 10.6. The third-order valence-corrected chi connectivity index (χ3v) is 3.12. The van der Waals surface area contributed by atoms with Gasteiger partial charge in [0.1, 0.15) is 11.6 Å². The maximum absolute atomic E-state index is 13.7. The van der Waals surface area contributed by atoms with Crippen molar-refractivity contribution in [2.24, 2.45) is 7.05 Å². The number of aromatic carboxylic acids is 1. The molecule has 0 amide bonds. The van der Waals surface area contributed by atoms with E-state index >= 15 is 0 Å². The lowest BCUT2D eigenvalue weighted by Gasteiger charge is -2.13. The molecule has 5 nitrogen and oxygen atoms in total. The van der Waals surface area contributed by atoms with Gasteiger partial charge in [-0.3, -0.25) is 4.68 Å². The number of aromatic nitrogens is 2. The number of benzene rings is 1. The van der Waals surface area contributed by atoms with Gasteiger partial charge in [-0.2, -0.15) is 5.10 Å². The highest BCUT2D eigenvalue weighted by Gasteiger charge is 2.18. The van der Waals surface area contributed by atoms with Gasteiger partial charge in [0, 0.05) is 24.2 Å². The van der Waals surface area contributed by atoms with Crippen LogP contribution < -0.4 is 4.74 Å². The van der Waals surface area contributed by atoms with Gasteiger partial charge in [0.05, 0.1) is 12.8 Å². The predicted octanol–water partition coefficient (Wildman–Crippen LogP) is 2.50. The number of ether oxygens (including phenoxy) is 1. The van der Waals surface area contributed by atoms with Gasteiger partial charge in [0.15, 0.2) is 5.69 Å². The lowest BCUT2D eigenvalue weighted by Crippen LogP contribution is -2.01. The number of carbonyl (C=O) groups is 1. The van der Waals surface area contributed by atoms with Crippen LogP contribution in [0.2, 0.25) is 0 Å². The van der Waals surface area contributed by atoms with E-state index in [0.717, 1.165) is 5.56 Å². The van der Waals surface area contributed by atoms with Crippen LogP contribution in [0.3, 0.4) is 0 Å². The zero-order valence-corrected chi connectivity index (χ0v) is 11.5. The first kappa shape index (κ1) is 14.0. The Hall–Kier alpha value is -2.37. The SMILES string of the molecule is CCc1c(OC)cc(F)cc1-c1cc(C(=O)O)nn1C. The molecular weight excluding hydrogens is 263 g/mol. The molecule has 0 aliphatic carbocycles. The number of hydrogen-bond donors (Lipinski definition) is 1. The van der Waals surface area contributed by atoms with Crippen LogP contribution in [0.25, 0.3) is 11.3 Å². The monoisotopic (exact) mass is 278 g/mol. The molecule has 106 valence electrons. The van der Waals surface area contributed by atoms with Crippen LogP contribution >= 0.6 is 0 Å². The smallest absolute Gasteiger partial charge is 0.356 e. The van der Waals surface area contributed by atoms with Crippen LogP contribution in [0, 0.1) is 5.82 Å². The first-order valence-electron chi connectivity index (χ1n) is 6.12. The molecule has 2 aromatic rings. The van der Waals surface area contributed by atoms with Crippen molar-refractivity contribution in [2.45, 2.75) is 13.3 Å². The summed E-state index contributed by atoms with van der Waals surface area (Å²) in [6, 6.07) is 4.11. The summed E-state index contributed by atoms with van der Waals surface area (Å²) in [7, 11) is 3.10. The number of halogens is 1. The third kappa shape index (κ3) is 2.36. The molecule has 0 saturated heterocycles. The molecule has 1 heterocycles. The zero-order chi connectivity index (χ0) is 14.9. The van der Waals surface area contributed by atoms with E-state index < -0.39 is 11.8 Å². The minimum atomic E-state index is -1.12. The van der Waals surface area contributed by atoms with Gasteiger partial charge >= 0.3 is 5.97 Å². The summed E-state index contributed by atoms with van der Waals surface area (Å²) in [5.41, 5.74) is 1.87. The number of aryl methyl sites for hydroxylation is 1. The van der Waals surface area contributed by atoms with Gasteiger partial charge in [0.2, 0.25) is 0 Å². The van der Waals surface area contributed by atoms with E-state index in [9.17, 15) is 9.18 Å². The predicted molar refractivity (Wildman–Crippen MR) is 71.5 cm³/mol. The highest BCUT2D eigenvalue weighted by Crippen LogP contribution is 2.32. The maximum Gasteiger partial charge on any atom is 0.356 e. The Labute approximate surface area is 115 Å². The minimum absolute atomic E-state index is 0.0761. The van der Waals surface area contributed by atoms with Gasteiger partial charge in [-0.15, -0.1) is 0 Å². The van der Waals surface area contributed by atoms with Crippen molar-refractivity contribution in [1.29, 1.82) is 0 Å². The molecule has 0 aliphatic rings. The first-order valence-corrected chi connectivity index (χ1v) is 6.12. The van der Waals surface area contributed by atoms with Crippen molar-refractivity contribution in [3.63, 3.8) is 0 Å². The van der Waals surface area contributed by atoms with E-state index in [-0.39, 0.29) is 5.69 Å². The van der Waals surface area contributed by atoms with Crippen LogP contribution in [0.1, 0.15) is 23.0 Å². The minimum Gasteiger partial charge on any atom is -0.496 e. The van der Waals surface area contributed by atoms with E-state index in [1.807, 2.05) is 6.92 Å². The van der Waals surface area contributed by atoms with E-state index in [0.29, 0.717) is 23.4 Å². The highest BCUT2D eigenvalue weighted by molar-refractivity contribution is 5.87. The molecular formula is C14H15FN2O3. The number of methoxy groups -OCH3 is 1. The molecule has 0 atom stereocenters. The van der Waals surface area contributed by atoms with E-state index in [1.165, 1.54) is 30.0 Å². The fourth-order valence-corrected chi connectivity index (χ4v) is 2.21. The molecule has 1 aromatic carbocycles. The molecule has 0 bridgehead atoms. The van der Waals surface area contributed by atoms with Crippen molar-refractivity contribution >= 4 is 5.97 Å². The summed E-state index contributed by atoms with van der Waals surface area (Å²) in [4.78, 5) is 11.0. The molecule has 0 unspecified atom stereocenters. The lowest BCUT2D eigenvalue weighted by molar-refractivity contribution is 0.0689. The van der Waals surface area contributed by atoms with Crippen LogP contribution in [0.5, 0.6) is 5.75 Å². The Morgan fingerprint density at radius 2 is 2.15 bits per heavy atom. The van der Waals surface area contributed by atoms with Gasteiger partial charge < -0.3 is 9.84 Å². The molecule has 0 fully saturated rings. The number of carboxylic acids is 1. The third-order valence-electron chi connectivity index (χ3n) is 3.12. The number of nitrogens with zero attached hydrogens (tertiary/aromatic N) is 2. The fourth-order valence-electron chi connectivity index (χ4n) is 2.21. The second kappa shape index (κ2) is 5.32. The highest BCUT2D eigenvalue weighted by atomic mass is 19.1. The largest absolute Gasteiger partial charge is 0.496 e. The average Bonchev–Trinajstić information content (AvgIpc) is 2.79. The van der Waals surface area contributed by atoms with Gasteiger partial charge in [0.25, 0.3) is 0 Å². The summed E-state index contributed by atoms with van der Waals surface area (Å²) in [5, 5.41) is 12.9. The standard InChI is InChI=1S/C14H15FN2O3/c1-4-9-10(5-8(15)6-13(9)20-3)12-7-11(14(18)19)16-17(12)2/h5-7H,4H2,1-3H3,(H,18,19). The average molecular weight is 278 g/mol. The molecule has 6 heteroatoms. The molecule has 0 aliphatic heterocycles. The molecule has 1 aromatic heterocycles. The molecule has 20 heavy (non-hydrogen) atoms. The second-order valence-electron chi connectivity index (χ2n) is 4.33. The first-order chi connectivity index (χ1) is 9.47. The van der Waals surface area contributed by atoms with E-state index in [1.54, 1.807) is 7.05 Å². The van der Waals surface area contributed by atoms with Crippen molar-refractivity contribution in [3.05, 3.63) is 35.3 Å². The quantitative estimate of drug-likeness (QED) is 0.933. The maximum atomic E-state index is 13.7. The lowest BCUT2D eigenvalue weighted by atomic mass is 10.0. The topological polar surface area (TPSA) is 64.3 Å². The van der Waals surface area contributed by atoms with Crippen molar-refractivity contribution in [1.82, 2.24) is 9.78 Å². The Bertz CT molecular complexity index is 665. The van der Waals surface area contributed by atoms with E-state index in [4.69, 9.17) is 9.84 Å². The molecule has 0 saturated carbocycles. The van der Waals surface area contributed by atoms with Crippen molar-refractivity contribution in [3.8, 4) is 17.0 Å². The van der Waals surface area contributed by atoms with Gasteiger partial charge in [-0.25, -0.2) is 9.18 Å². The Morgan fingerprint density at radius 1 is 1.45 bits per heavy atom. The second-order valence-corrected chi connectivity index (χ2v) is 4.33. The van der Waals surface area contributed by atoms with Crippen LogP contribution in [0.4, 0.5) is 4.39 Å². The summed E-state index contributed by atoms with van der Waals surface area (Å²) in [6.45, 7) is 1.92. The van der Waals surface area contributed by atoms with Gasteiger partial charge in [-0.05, 0) is 18.6 Å². The molecule has 0 spiro atoms. The number of hydrogen-bond acceptors (Lipinski definition) is 3. The Morgan fingerprint density at radius 3 is 2.65 bits per heavy atom. The number of carboxylic acid groups (broad SMARTS) is 1. The summed E-state index contributed by atoms with van der Waals surface area (Å²) in [6.07, 6.45) is 0.631. The molecule has 0 radical (unpaired) electrons. The summed E-state index contributed by atoms with van der Waals surface area (Å²) in [5.74, 6) is -1.11. The summed E-state index contributed by atoms with van der Waals surface area (Å²) < 4.78 is 20.3. The van der Waals surface area contributed by atoms with Gasteiger partial charge in [-0.1, -0.05) is 6.92 Å². The Kier molecular flexibility index (Phi) is 3.74. The molecule has 2 rings (SSSR count).